The fourth-order valence-corrected chi connectivity index (χ4v) is 2.08. The number of benzene rings is 1. The van der Waals surface area contributed by atoms with E-state index in [9.17, 15) is 9.59 Å². The minimum Gasteiger partial charge on any atom is -0.492 e. The van der Waals surface area contributed by atoms with Crippen molar-refractivity contribution in [1.29, 1.82) is 5.26 Å². The molecule has 1 N–H and O–H groups in total. The second kappa shape index (κ2) is 6.27. The summed E-state index contributed by atoms with van der Waals surface area (Å²) in [4.78, 5) is 24.9. The van der Waals surface area contributed by atoms with E-state index < -0.39 is 6.04 Å². The van der Waals surface area contributed by atoms with Crippen LogP contribution in [-0.4, -0.2) is 36.0 Å². The molecular weight excluding hydrogens is 270 g/mol. The van der Waals surface area contributed by atoms with E-state index in [2.05, 4.69) is 5.32 Å². The Morgan fingerprint density at radius 2 is 2.00 bits per heavy atom. The Kier molecular flexibility index (Phi) is 4.43. The summed E-state index contributed by atoms with van der Waals surface area (Å²) in [6.45, 7) is 4.20. The van der Waals surface area contributed by atoms with E-state index >= 15 is 0 Å². The van der Waals surface area contributed by atoms with Crippen molar-refractivity contribution >= 4 is 11.9 Å². The average Bonchev–Trinajstić information content (AvgIpc) is 2.76. The largest absolute Gasteiger partial charge is 0.492 e. The number of imide groups is 1. The van der Waals surface area contributed by atoms with Crippen molar-refractivity contribution in [1.82, 2.24) is 10.2 Å². The minimum absolute atomic E-state index is 0.0610. The SMILES string of the molecule is CC(C)C1NC(=O)N(CCOc2ccc(C#N)cc2)C1=O. The Labute approximate surface area is 123 Å². The highest BCUT2D eigenvalue weighted by Crippen LogP contribution is 2.15. The standard InChI is InChI=1S/C15H17N3O3/c1-10(2)13-14(19)18(15(20)17-13)7-8-21-12-5-3-11(9-16)4-6-12/h3-6,10,13H,7-8H2,1-2H3,(H,17,20). The molecule has 1 atom stereocenters. The first kappa shape index (κ1) is 14.9. The highest BCUT2D eigenvalue weighted by Gasteiger charge is 2.39. The maximum absolute atomic E-state index is 12.0. The molecular formula is C15H17N3O3. The second-order valence-corrected chi connectivity index (χ2v) is 5.15. The van der Waals surface area contributed by atoms with Gasteiger partial charge < -0.3 is 10.1 Å². The molecule has 3 amide bonds. The summed E-state index contributed by atoms with van der Waals surface area (Å²) in [5, 5.41) is 11.4. The monoisotopic (exact) mass is 287 g/mol. The van der Waals surface area contributed by atoms with Gasteiger partial charge in [0.25, 0.3) is 5.91 Å². The summed E-state index contributed by atoms with van der Waals surface area (Å²) in [5.74, 6) is 0.450. The lowest BCUT2D eigenvalue weighted by Crippen LogP contribution is -2.36. The van der Waals surface area contributed by atoms with Crippen molar-refractivity contribution in [2.24, 2.45) is 5.92 Å². The molecule has 2 rings (SSSR count). The average molecular weight is 287 g/mol. The number of nitrogens with zero attached hydrogens (tertiary/aromatic N) is 2. The molecule has 6 nitrogen and oxygen atoms in total. The van der Waals surface area contributed by atoms with Crippen LogP contribution in [0.5, 0.6) is 5.75 Å². The van der Waals surface area contributed by atoms with Gasteiger partial charge in [0, 0.05) is 0 Å². The number of carbonyl (C=O) groups excluding carboxylic acids is 2. The Hall–Kier alpha value is -2.55. The molecule has 0 saturated carbocycles. The van der Waals surface area contributed by atoms with Crippen molar-refractivity contribution in [3.8, 4) is 11.8 Å². The molecule has 1 aliphatic heterocycles. The van der Waals surface area contributed by atoms with Gasteiger partial charge in [-0.05, 0) is 30.2 Å². The molecule has 1 heterocycles. The van der Waals surface area contributed by atoms with Crippen molar-refractivity contribution in [3.63, 3.8) is 0 Å². The van der Waals surface area contributed by atoms with Gasteiger partial charge in [-0.1, -0.05) is 13.8 Å². The first-order chi connectivity index (χ1) is 10.0. The van der Waals surface area contributed by atoms with Crippen LogP contribution >= 0.6 is 0 Å². The molecule has 110 valence electrons. The van der Waals surface area contributed by atoms with Crippen LogP contribution in [0.1, 0.15) is 19.4 Å². The lowest BCUT2D eigenvalue weighted by Gasteiger charge is -2.14. The lowest BCUT2D eigenvalue weighted by molar-refractivity contribution is -0.128. The van der Waals surface area contributed by atoms with Gasteiger partial charge in [0.2, 0.25) is 0 Å². The molecule has 21 heavy (non-hydrogen) atoms. The molecule has 6 heteroatoms. The minimum atomic E-state index is -0.451. The summed E-state index contributed by atoms with van der Waals surface area (Å²) >= 11 is 0. The number of ether oxygens (including phenoxy) is 1. The van der Waals surface area contributed by atoms with Gasteiger partial charge in [0.05, 0.1) is 18.2 Å². The number of hydrogen-bond acceptors (Lipinski definition) is 4. The number of carbonyl (C=O) groups is 2. The zero-order valence-electron chi connectivity index (χ0n) is 12.0. The van der Waals surface area contributed by atoms with E-state index in [1.807, 2.05) is 19.9 Å². The van der Waals surface area contributed by atoms with Gasteiger partial charge in [-0.25, -0.2) is 4.79 Å². The Morgan fingerprint density at radius 1 is 1.33 bits per heavy atom. The zero-order chi connectivity index (χ0) is 15.4. The molecule has 0 aliphatic carbocycles. The van der Waals surface area contributed by atoms with E-state index in [1.54, 1.807) is 24.3 Å². The van der Waals surface area contributed by atoms with Crippen LogP contribution in [-0.2, 0) is 4.79 Å². The normalized spacial score (nSPS) is 17.8. The molecule has 0 radical (unpaired) electrons. The number of nitriles is 1. The first-order valence-corrected chi connectivity index (χ1v) is 6.77. The number of hydrogen-bond donors (Lipinski definition) is 1. The zero-order valence-corrected chi connectivity index (χ0v) is 12.0. The fraction of sp³-hybridized carbons (Fsp3) is 0.400. The maximum Gasteiger partial charge on any atom is 0.324 e. The molecule has 1 aromatic carbocycles. The summed E-state index contributed by atoms with van der Waals surface area (Å²) < 4.78 is 5.48. The number of nitrogens with one attached hydrogen (secondary N) is 1. The van der Waals surface area contributed by atoms with Crippen LogP contribution in [0.15, 0.2) is 24.3 Å². The van der Waals surface area contributed by atoms with Crippen LogP contribution < -0.4 is 10.1 Å². The third-order valence-corrected chi connectivity index (χ3v) is 3.29. The highest BCUT2D eigenvalue weighted by molar-refractivity contribution is 6.04. The van der Waals surface area contributed by atoms with Gasteiger partial charge in [0.1, 0.15) is 18.4 Å². The lowest BCUT2D eigenvalue weighted by atomic mass is 10.1. The Bertz CT molecular complexity index is 575. The molecule has 0 bridgehead atoms. The van der Waals surface area contributed by atoms with E-state index in [0.29, 0.717) is 11.3 Å². The predicted molar refractivity (Wildman–Crippen MR) is 75.5 cm³/mol. The van der Waals surface area contributed by atoms with Crippen molar-refractivity contribution < 1.29 is 14.3 Å². The van der Waals surface area contributed by atoms with E-state index in [1.165, 1.54) is 4.90 Å². The highest BCUT2D eigenvalue weighted by atomic mass is 16.5. The van der Waals surface area contributed by atoms with Gasteiger partial charge in [-0.3, -0.25) is 9.69 Å². The molecule has 1 aromatic rings. The number of urea groups is 1. The summed E-state index contributed by atoms with van der Waals surface area (Å²) in [5.41, 5.74) is 0.552. The smallest absolute Gasteiger partial charge is 0.324 e. The van der Waals surface area contributed by atoms with Crippen LogP contribution in [0.4, 0.5) is 4.79 Å². The Morgan fingerprint density at radius 3 is 2.52 bits per heavy atom. The third-order valence-electron chi connectivity index (χ3n) is 3.29. The van der Waals surface area contributed by atoms with Crippen molar-refractivity contribution in [3.05, 3.63) is 29.8 Å². The second-order valence-electron chi connectivity index (χ2n) is 5.15. The van der Waals surface area contributed by atoms with E-state index in [0.717, 1.165) is 0 Å². The molecule has 1 saturated heterocycles. The van der Waals surface area contributed by atoms with Crippen LogP contribution in [0.2, 0.25) is 0 Å². The Balaban J connectivity index is 1.87. The van der Waals surface area contributed by atoms with Crippen molar-refractivity contribution in [2.45, 2.75) is 19.9 Å². The summed E-state index contributed by atoms with van der Waals surface area (Å²) in [6, 6.07) is 7.86. The van der Waals surface area contributed by atoms with Crippen LogP contribution in [0.3, 0.4) is 0 Å². The number of amides is 3. The van der Waals surface area contributed by atoms with Crippen LogP contribution in [0, 0.1) is 17.2 Å². The van der Waals surface area contributed by atoms with Crippen molar-refractivity contribution in [2.75, 3.05) is 13.2 Å². The molecule has 1 aliphatic rings. The molecule has 0 aromatic heterocycles. The van der Waals surface area contributed by atoms with E-state index in [-0.39, 0.29) is 31.0 Å². The van der Waals surface area contributed by atoms with Gasteiger partial charge in [-0.15, -0.1) is 0 Å². The maximum atomic E-state index is 12.0. The molecule has 1 fully saturated rings. The first-order valence-electron chi connectivity index (χ1n) is 6.77. The fourth-order valence-electron chi connectivity index (χ4n) is 2.08. The number of rotatable bonds is 5. The third kappa shape index (κ3) is 3.31. The molecule has 0 spiro atoms. The molecule has 1 unspecified atom stereocenters. The quantitative estimate of drug-likeness (QED) is 0.832. The van der Waals surface area contributed by atoms with Gasteiger partial charge in [-0.2, -0.15) is 5.26 Å². The van der Waals surface area contributed by atoms with Crippen LogP contribution in [0.25, 0.3) is 0 Å². The topological polar surface area (TPSA) is 82.4 Å². The van der Waals surface area contributed by atoms with E-state index in [4.69, 9.17) is 10.00 Å². The van der Waals surface area contributed by atoms with Gasteiger partial charge in [0.15, 0.2) is 0 Å². The van der Waals surface area contributed by atoms with Gasteiger partial charge >= 0.3 is 6.03 Å². The summed E-state index contributed by atoms with van der Waals surface area (Å²) in [6.07, 6.45) is 0. The summed E-state index contributed by atoms with van der Waals surface area (Å²) in [7, 11) is 0. The predicted octanol–water partition coefficient (Wildman–Crippen LogP) is 1.51.